The van der Waals surface area contributed by atoms with E-state index in [1.165, 1.54) is 7.11 Å². The molecule has 0 aliphatic heterocycles. The lowest BCUT2D eigenvalue weighted by molar-refractivity contribution is -0.143. The van der Waals surface area contributed by atoms with Gasteiger partial charge in [0.25, 0.3) is 0 Å². The van der Waals surface area contributed by atoms with E-state index in [2.05, 4.69) is 23.3 Å². The van der Waals surface area contributed by atoms with Crippen molar-refractivity contribution in [1.29, 1.82) is 0 Å². The van der Waals surface area contributed by atoms with Gasteiger partial charge in [-0.3, -0.25) is 4.79 Å². The van der Waals surface area contributed by atoms with Crippen molar-refractivity contribution < 1.29 is 17.9 Å². The third-order valence-electron chi connectivity index (χ3n) is 3.78. The van der Waals surface area contributed by atoms with Crippen LogP contribution in [-0.2, 0) is 19.6 Å². The highest BCUT2D eigenvalue weighted by Crippen LogP contribution is 2.21. The summed E-state index contributed by atoms with van der Waals surface area (Å²) in [5.74, 6) is -0.417. The minimum Gasteiger partial charge on any atom is -0.468 e. The number of carbonyl (C=O) groups excluding carboxylic acids is 1. The molecule has 2 unspecified atom stereocenters. The molecule has 1 aromatic rings. The van der Waals surface area contributed by atoms with E-state index < -0.39 is 22.0 Å². The van der Waals surface area contributed by atoms with E-state index in [0.29, 0.717) is 5.92 Å². The largest absolute Gasteiger partial charge is 0.468 e. The summed E-state index contributed by atoms with van der Waals surface area (Å²) in [5, 5.41) is 0. The van der Waals surface area contributed by atoms with E-state index >= 15 is 0 Å². The minimum atomic E-state index is -3.76. The highest BCUT2D eigenvalue weighted by molar-refractivity contribution is 7.89. The number of esters is 1. The molecule has 0 amide bonds. The summed E-state index contributed by atoms with van der Waals surface area (Å²) < 4.78 is 31.9. The topological polar surface area (TPSA) is 72.5 Å². The van der Waals surface area contributed by atoms with Gasteiger partial charge in [-0.15, -0.1) is 0 Å². The number of sulfonamides is 1. The quantitative estimate of drug-likeness (QED) is 0.782. The fraction of sp³-hybridized carbons (Fsp3) is 0.562. The van der Waals surface area contributed by atoms with Gasteiger partial charge in [0.05, 0.1) is 12.0 Å². The van der Waals surface area contributed by atoms with Crippen molar-refractivity contribution in [2.75, 3.05) is 7.11 Å². The minimum absolute atomic E-state index is 0.147. The number of nitrogens with one attached hydrogen (secondary N) is 1. The van der Waals surface area contributed by atoms with Gasteiger partial charge >= 0.3 is 5.97 Å². The van der Waals surface area contributed by atoms with Crippen molar-refractivity contribution in [2.24, 2.45) is 5.92 Å². The van der Waals surface area contributed by atoms with Gasteiger partial charge in [-0.25, -0.2) is 8.42 Å². The van der Waals surface area contributed by atoms with Crippen molar-refractivity contribution in [3.63, 3.8) is 0 Å². The number of carbonyl (C=O) groups is 1. The molecule has 1 N–H and O–H groups in total. The third-order valence-corrected chi connectivity index (χ3v) is 5.23. The lowest BCUT2D eigenvalue weighted by Crippen LogP contribution is -2.44. The Bertz CT molecular complexity index is 593. The molecule has 5 nitrogen and oxygen atoms in total. The molecule has 2 atom stereocenters. The van der Waals surface area contributed by atoms with Crippen LogP contribution in [-0.4, -0.2) is 27.5 Å². The van der Waals surface area contributed by atoms with Crippen molar-refractivity contribution in [1.82, 2.24) is 4.72 Å². The first-order valence-electron chi connectivity index (χ1n) is 7.43. The highest BCUT2D eigenvalue weighted by atomic mass is 32.2. The van der Waals surface area contributed by atoms with E-state index in [-0.39, 0.29) is 10.8 Å². The fourth-order valence-corrected chi connectivity index (χ4v) is 3.36. The number of hydrogen-bond acceptors (Lipinski definition) is 4. The normalized spacial score (nSPS) is 14.6. The second kappa shape index (κ2) is 7.74. The summed E-state index contributed by atoms with van der Waals surface area (Å²) in [6.45, 7) is 7.69. The molecule has 0 aliphatic carbocycles. The van der Waals surface area contributed by atoms with Crippen LogP contribution in [0.25, 0.3) is 0 Å². The molecule has 22 heavy (non-hydrogen) atoms. The number of ether oxygens (including phenoxy) is 1. The van der Waals surface area contributed by atoms with Crippen LogP contribution in [0.5, 0.6) is 0 Å². The summed E-state index contributed by atoms with van der Waals surface area (Å²) in [7, 11) is -2.52. The molecule has 1 rings (SSSR count). The van der Waals surface area contributed by atoms with Gasteiger partial charge in [0.15, 0.2) is 0 Å². The first-order chi connectivity index (χ1) is 10.2. The van der Waals surface area contributed by atoms with Crippen LogP contribution in [0, 0.1) is 5.92 Å². The molecule has 0 fully saturated rings. The average molecular weight is 327 g/mol. The summed E-state index contributed by atoms with van der Waals surface area (Å²) in [6, 6.07) is 5.86. The van der Waals surface area contributed by atoms with E-state index in [1.54, 1.807) is 26.0 Å². The Morgan fingerprint density at radius 3 is 2.14 bits per heavy atom. The van der Waals surface area contributed by atoms with Gasteiger partial charge in [0.1, 0.15) is 6.04 Å². The first-order valence-corrected chi connectivity index (χ1v) is 8.91. The number of methoxy groups -OCH3 is 1. The van der Waals surface area contributed by atoms with Crippen LogP contribution >= 0.6 is 0 Å². The number of rotatable bonds is 7. The maximum atomic E-state index is 12.4. The zero-order valence-corrected chi connectivity index (χ0v) is 14.6. The molecule has 0 heterocycles. The Hall–Kier alpha value is -1.40. The Kier molecular flexibility index (Phi) is 6.56. The molecule has 124 valence electrons. The second-order valence-corrected chi connectivity index (χ2v) is 7.46. The van der Waals surface area contributed by atoms with Crippen molar-refractivity contribution >= 4 is 16.0 Å². The zero-order valence-electron chi connectivity index (χ0n) is 13.8. The zero-order chi connectivity index (χ0) is 16.9. The number of benzene rings is 1. The van der Waals surface area contributed by atoms with Crippen LogP contribution in [0.2, 0.25) is 0 Å². The maximum Gasteiger partial charge on any atom is 0.324 e. The number of hydrogen-bond donors (Lipinski definition) is 1. The van der Waals surface area contributed by atoms with Crippen molar-refractivity contribution in [3.05, 3.63) is 29.8 Å². The molecular formula is C16H25NO4S. The standard InChI is InChI=1S/C16H25NO4S/c1-6-12(4)13-7-9-14(10-8-13)22(19,20)17-15(11(2)3)16(18)21-5/h7-12,15,17H,6H2,1-5H3. The maximum absolute atomic E-state index is 12.4. The summed E-state index contributed by atoms with van der Waals surface area (Å²) in [6.07, 6.45) is 0.988. The predicted octanol–water partition coefficient (Wildman–Crippen LogP) is 2.68. The summed E-state index contributed by atoms with van der Waals surface area (Å²) in [4.78, 5) is 11.8. The van der Waals surface area contributed by atoms with Crippen LogP contribution < -0.4 is 4.72 Å². The molecular weight excluding hydrogens is 302 g/mol. The van der Waals surface area contributed by atoms with Gasteiger partial charge in [0.2, 0.25) is 10.0 Å². The van der Waals surface area contributed by atoms with Crippen molar-refractivity contribution in [3.8, 4) is 0 Å². The molecule has 0 aliphatic rings. The summed E-state index contributed by atoms with van der Waals surface area (Å²) >= 11 is 0. The molecule has 0 bridgehead atoms. The van der Waals surface area contributed by atoms with Gasteiger partial charge in [-0.2, -0.15) is 4.72 Å². The molecule has 0 saturated carbocycles. The highest BCUT2D eigenvalue weighted by Gasteiger charge is 2.29. The predicted molar refractivity (Wildman–Crippen MR) is 86.1 cm³/mol. The fourth-order valence-electron chi connectivity index (χ4n) is 2.03. The van der Waals surface area contributed by atoms with E-state index in [9.17, 15) is 13.2 Å². The first kappa shape index (κ1) is 18.6. The molecule has 0 aromatic heterocycles. The molecule has 0 saturated heterocycles. The smallest absolute Gasteiger partial charge is 0.324 e. The summed E-state index contributed by atoms with van der Waals surface area (Å²) in [5.41, 5.74) is 1.09. The Labute approximate surface area is 133 Å². The second-order valence-electron chi connectivity index (χ2n) is 5.74. The SMILES string of the molecule is CCC(C)c1ccc(S(=O)(=O)NC(C(=O)OC)C(C)C)cc1. The monoisotopic (exact) mass is 327 g/mol. The third kappa shape index (κ3) is 4.55. The molecule has 0 radical (unpaired) electrons. The van der Waals surface area contributed by atoms with Gasteiger partial charge in [0, 0.05) is 0 Å². The van der Waals surface area contributed by atoms with Gasteiger partial charge in [-0.05, 0) is 36.0 Å². The van der Waals surface area contributed by atoms with Crippen LogP contribution in [0.1, 0.15) is 45.6 Å². The molecule has 6 heteroatoms. The van der Waals surface area contributed by atoms with E-state index in [0.717, 1.165) is 12.0 Å². The van der Waals surface area contributed by atoms with E-state index in [1.807, 2.05) is 12.1 Å². The van der Waals surface area contributed by atoms with Crippen LogP contribution in [0.15, 0.2) is 29.2 Å². The Morgan fingerprint density at radius 2 is 1.73 bits per heavy atom. The lowest BCUT2D eigenvalue weighted by atomic mass is 9.99. The van der Waals surface area contributed by atoms with E-state index in [4.69, 9.17) is 0 Å². The van der Waals surface area contributed by atoms with Crippen molar-refractivity contribution in [2.45, 2.75) is 51.0 Å². The van der Waals surface area contributed by atoms with Gasteiger partial charge in [-0.1, -0.05) is 39.8 Å². The van der Waals surface area contributed by atoms with Crippen LogP contribution in [0.3, 0.4) is 0 Å². The molecule has 1 aromatic carbocycles. The van der Waals surface area contributed by atoms with Crippen LogP contribution in [0.4, 0.5) is 0 Å². The average Bonchev–Trinajstić information content (AvgIpc) is 2.51. The molecule has 0 spiro atoms. The Balaban J connectivity index is 3.01. The van der Waals surface area contributed by atoms with Gasteiger partial charge < -0.3 is 4.74 Å². The lowest BCUT2D eigenvalue weighted by Gasteiger charge is -2.20. The Morgan fingerprint density at radius 1 is 1.18 bits per heavy atom.